The summed E-state index contributed by atoms with van der Waals surface area (Å²) in [6.07, 6.45) is 0. The number of halogens is 1. The molecule has 7 heteroatoms. The van der Waals surface area contributed by atoms with Crippen LogP contribution in [0.15, 0.2) is 0 Å². The van der Waals surface area contributed by atoms with Gasteiger partial charge in [0.2, 0.25) is 0 Å². The summed E-state index contributed by atoms with van der Waals surface area (Å²) in [5.41, 5.74) is 7.89. The molecular weight excluding hydrogens is 244 g/mol. The van der Waals surface area contributed by atoms with Gasteiger partial charge in [-0.05, 0) is 0 Å². The summed E-state index contributed by atoms with van der Waals surface area (Å²) in [5, 5.41) is 0. The molecule has 0 bridgehead atoms. The third kappa shape index (κ3) is 4.20. The van der Waals surface area contributed by atoms with Gasteiger partial charge in [0, 0.05) is 0 Å². The maximum atomic E-state index is 10.2. The second-order valence-electron chi connectivity index (χ2n) is 0.682. The molecule has 0 amide bonds. The van der Waals surface area contributed by atoms with E-state index < -0.39 is 21.5 Å². The molecule has 0 rings (SSSR count). The first kappa shape index (κ1) is 8.03. The van der Waals surface area contributed by atoms with Gasteiger partial charge in [-0.25, -0.2) is 0 Å². The first-order valence-corrected chi connectivity index (χ1v) is 4.67. The molecule has 5 nitrogen and oxygen atoms in total. The summed E-state index contributed by atoms with van der Waals surface area (Å²) in [6, 6.07) is 0. The van der Waals surface area contributed by atoms with Crippen LogP contribution in [0.25, 0.3) is 5.53 Å². The Labute approximate surface area is 57.5 Å². The topological polar surface area (TPSA) is 84.4 Å². The van der Waals surface area contributed by atoms with Gasteiger partial charge in [0.05, 0.1) is 0 Å². The predicted octanol–water partition coefficient (Wildman–Crippen LogP) is -5.35. The Balaban J connectivity index is 3.32. The number of nitrogens with zero attached hydrogens (tertiary/aromatic N) is 1. The number of nitrogens with one attached hydrogen (secondary N) is 2. The average Bonchev–Trinajstić information content (AvgIpc) is 1.68. The van der Waals surface area contributed by atoms with Crippen molar-refractivity contribution < 1.29 is 34.5 Å². The Bertz CT molecular complexity index is 104. The number of hydrogen-bond acceptors (Lipinski definition) is 2. The van der Waals surface area contributed by atoms with Gasteiger partial charge in [-0.1, -0.05) is 0 Å². The molecule has 0 aliphatic heterocycles. The van der Waals surface area contributed by atoms with Gasteiger partial charge >= 0.3 is 57.2 Å². The monoisotopic (exact) mass is 247 g/mol. The molecule has 1 unspecified atom stereocenters. The molecule has 0 heterocycles. The molecule has 46 valence electrons. The molecule has 0 fully saturated rings. The van der Waals surface area contributed by atoms with Crippen LogP contribution in [0, 0.1) is 4.91 Å². The summed E-state index contributed by atoms with van der Waals surface area (Å²) in [5.74, 6) is 0. The Kier molecular flexibility index (Phi) is 5.19. The zero-order valence-electron chi connectivity index (χ0n) is 3.64. The third-order valence-corrected chi connectivity index (χ3v) is 2.74. The fourth-order valence-electron chi connectivity index (χ4n) is 0.103. The van der Waals surface area contributed by atoms with Crippen LogP contribution in [0.3, 0.4) is 0 Å². The molecule has 0 spiro atoms. The minimum absolute atomic E-state index is 0.235. The predicted molar refractivity (Wildman–Crippen MR) is 22.4 cm³/mol. The van der Waals surface area contributed by atoms with Crippen molar-refractivity contribution in [3.63, 3.8) is 0 Å². The van der Waals surface area contributed by atoms with Crippen molar-refractivity contribution in [2.24, 2.45) is 0 Å². The SMILES string of the molecule is [N-]=[NH+]PC(=O)[I-][NH+]=O. The Morgan fingerprint density at radius 2 is 2.38 bits per heavy atom. The van der Waals surface area contributed by atoms with Crippen LogP contribution in [-0.4, -0.2) is 3.53 Å². The molecule has 0 saturated carbocycles. The number of carbonyl (C=O) groups excluding carboxylic acids is 1. The van der Waals surface area contributed by atoms with Crippen LogP contribution >= 0.6 is 8.73 Å². The number of rotatable bonds is 4. The van der Waals surface area contributed by atoms with Crippen LogP contribution in [0.4, 0.5) is 4.79 Å². The minimum atomic E-state index is -1.10. The van der Waals surface area contributed by atoms with Gasteiger partial charge in [-0.2, -0.15) is 0 Å². The molecule has 0 aromatic heterocycles. The van der Waals surface area contributed by atoms with E-state index in [4.69, 9.17) is 5.53 Å². The van der Waals surface area contributed by atoms with E-state index in [1.165, 1.54) is 3.39 Å². The Morgan fingerprint density at radius 1 is 1.75 bits per heavy atom. The normalized spacial score (nSPS) is 10.0. The van der Waals surface area contributed by atoms with E-state index in [2.05, 4.69) is 0 Å². The van der Waals surface area contributed by atoms with Crippen molar-refractivity contribution in [1.29, 1.82) is 0 Å². The van der Waals surface area contributed by atoms with E-state index in [1.54, 1.807) is 4.88 Å². The Hall–Kier alpha value is 0.0300. The van der Waals surface area contributed by atoms with E-state index in [-0.39, 0.29) is 12.3 Å². The van der Waals surface area contributed by atoms with Gasteiger partial charge in [-0.3, -0.25) is 0 Å². The standard InChI is InChI=1S/CH3IN3O2P/c3-5-8-1(6)2-4-7/h4-5,8H. The zero-order chi connectivity index (χ0) is 6.41. The van der Waals surface area contributed by atoms with Crippen molar-refractivity contribution in [2.45, 2.75) is 0 Å². The first-order chi connectivity index (χ1) is 3.81. The zero-order valence-corrected chi connectivity index (χ0v) is 6.80. The molecule has 0 aromatic rings. The maximum absolute atomic E-state index is 10.2. The van der Waals surface area contributed by atoms with Crippen LogP contribution in [0.5, 0.6) is 0 Å². The third-order valence-electron chi connectivity index (χ3n) is 0.279. The molecular formula is CH3IN3O2P. The van der Waals surface area contributed by atoms with Crippen molar-refractivity contribution in [1.82, 2.24) is 0 Å². The van der Waals surface area contributed by atoms with Crippen LogP contribution in [0.2, 0.25) is 0 Å². The summed E-state index contributed by atoms with van der Waals surface area (Å²) in [6.45, 7) is 0. The number of nitroso groups, excluding NO2 is 1. The van der Waals surface area contributed by atoms with Crippen molar-refractivity contribution in [2.75, 3.05) is 0 Å². The van der Waals surface area contributed by atoms with E-state index in [9.17, 15) is 9.70 Å². The van der Waals surface area contributed by atoms with Gasteiger partial charge in [0.15, 0.2) is 0 Å². The first-order valence-electron chi connectivity index (χ1n) is 1.51. The molecule has 0 radical (unpaired) electrons. The van der Waals surface area contributed by atoms with E-state index in [0.717, 1.165) is 0 Å². The summed E-state index contributed by atoms with van der Waals surface area (Å²) < 4.78 is 1.28. The fourth-order valence-corrected chi connectivity index (χ4v) is 1.46. The van der Waals surface area contributed by atoms with Crippen LogP contribution < -0.4 is 29.8 Å². The summed E-state index contributed by atoms with van der Waals surface area (Å²) >= 11 is -1.10. The molecule has 0 aromatic carbocycles. The average molecular weight is 247 g/mol. The molecule has 2 N–H and O–H groups in total. The number of hydrogen-bond donors (Lipinski definition) is 2. The second-order valence-corrected chi connectivity index (χ2v) is 4.59. The van der Waals surface area contributed by atoms with Crippen molar-refractivity contribution >= 4 is 12.3 Å². The van der Waals surface area contributed by atoms with Crippen LogP contribution in [-0.2, 0) is 0 Å². The quantitative estimate of drug-likeness (QED) is 0.171. The molecule has 0 saturated heterocycles. The Morgan fingerprint density at radius 3 is 2.75 bits per heavy atom. The van der Waals surface area contributed by atoms with Gasteiger partial charge in [0.25, 0.3) is 0 Å². The van der Waals surface area contributed by atoms with Crippen LogP contribution in [0.1, 0.15) is 0 Å². The van der Waals surface area contributed by atoms with E-state index in [0.29, 0.717) is 0 Å². The molecule has 8 heavy (non-hydrogen) atoms. The summed E-state index contributed by atoms with van der Waals surface area (Å²) in [4.78, 5) is 21.4. The van der Waals surface area contributed by atoms with E-state index in [1.807, 2.05) is 0 Å². The van der Waals surface area contributed by atoms with Gasteiger partial charge in [-0.15, -0.1) is 0 Å². The molecule has 1 atom stereocenters. The fraction of sp³-hybridized carbons (Fsp3) is 0. The van der Waals surface area contributed by atoms with Gasteiger partial charge < -0.3 is 0 Å². The van der Waals surface area contributed by atoms with Crippen molar-refractivity contribution in [3.8, 4) is 0 Å². The molecule has 0 aliphatic carbocycles. The number of carbonyl (C=O) groups is 1. The summed E-state index contributed by atoms with van der Waals surface area (Å²) in [7, 11) is -0.351. The van der Waals surface area contributed by atoms with Gasteiger partial charge in [0.1, 0.15) is 0 Å². The molecule has 0 aliphatic rings. The second kappa shape index (κ2) is 5.17. The van der Waals surface area contributed by atoms with Crippen molar-refractivity contribution in [3.05, 3.63) is 10.4 Å². The van der Waals surface area contributed by atoms with E-state index >= 15 is 0 Å².